The third-order valence-electron chi connectivity index (χ3n) is 4.78. The summed E-state index contributed by atoms with van der Waals surface area (Å²) in [4.78, 5) is 20.9. The number of hydrogen-bond donors (Lipinski definition) is 2. The second kappa shape index (κ2) is 5.13. The number of anilines is 1. The zero-order valence-corrected chi connectivity index (χ0v) is 11.9. The minimum Gasteiger partial charge on any atom is -0.325 e. The van der Waals surface area contributed by atoms with E-state index in [1.165, 1.54) is 0 Å². The van der Waals surface area contributed by atoms with E-state index in [1.807, 2.05) is 6.92 Å². The van der Waals surface area contributed by atoms with Crippen LogP contribution in [0.3, 0.4) is 0 Å². The van der Waals surface area contributed by atoms with Gasteiger partial charge in [-0.25, -0.2) is 4.98 Å². The van der Waals surface area contributed by atoms with Gasteiger partial charge in [0.1, 0.15) is 0 Å². The Labute approximate surface area is 119 Å². The van der Waals surface area contributed by atoms with Crippen LogP contribution >= 0.6 is 0 Å². The molecule has 2 aliphatic rings. The van der Waals surface area contributed by atoms with Crippen LogP contribution in [0.4, 0.5) is 5.82 Å². The van der Waals surface area contributed by atoms with Crippen molar-refractivity contribution in [3.8, 4) is 0 Å². The lowest BCUT2D eigenvalue weighted by molar-refractivity contribution is -0.121. The Morgan fingerprint density at radius 2 is 2.25 bits per heavy atom. The fourth-order valence-corrected chi connectivity index (χ4v) is 3.77. The van der Waals surface area contributed by atoms with Crippen molar-refractivity contribution in [2.75, 3.05) is 5.32 Å². The van der Waals surface area contributed by atoms with Crippen LogP contribution in [0.15, 0.2) is 12.4 Å². The van der Waals surface area contributed by atoms with Crippen molar-refractivity contribution in [2.45, 2.75) is 51.0 Å². The summed E-state index contributed by atoms with van der Waals surface area (Å²) in [6.45, 7) is 1.87. The Kier molecular flexibility index (Phi) is 3.46. The van der Waals surface area contributed by atoms with Crippen molar-refractivity contribution >= 4 is 11.7 Å². The lowest BCUT2D eigenvalue weighted by Crippen LogP contribution is -2.36. The third kappa shape index (κ3) is 2.68. The van der Waals surface area contributed by atoms with Gasteiger partial charge in [-0.05, 0) is 44.9 Å². The molecule has 2 bridgehead atoms. The lowest BCUT2D eigenvalue weighted by atomic mass is 9.87. The van der Waals surface area contributed by atoms with Gasteiger partial charge in [-0.3, -0.25) is 9.78 Å². The van der Waals surface area contributed by atoms with Gasteiger partial charge in [0.25, 0.3) is 0 Å². The van der Waals surface area contributed by atoms with Gasteiger partial charge in [-0.1, -0.05) is 6.42 Å². The monoisotopic (exact) mass is 274 g/mol. The number of carbonyl (C=O) groups excluding carboxylic acids is 1. The maximum atomic E-state index is 12.5. The van der Waals surface area contributed by atoms with E-state index in [1.54, 1.807) is 12.4 Å². The first-order valence-electron chi connectivity index (χ1n) is 7.44. The summed E-state index contributed by atoms with van der Waals surface area (Å²) < 4.78 is 0. The summed E-state index contributed by atoms with van der Waals surface area (Å²) in [5.74, 6) is 1.14. The highest BCUT2D eigenvalue weighted by molar-refractivity contribution is 5.91. The van der Waals surface area contributed by atoms with Crippen LogP contribution < -0.4 is 11.1 Å². The molecule has 1 amide bonds. The molecule has 1 aromatic heterocycles. The maximum absolute atomic E-state index is 12.5. The van der Waals surface area contributed by atoms with Crippen molar-refractivity contribution in [3.63, 3.8) is 0 Å². The quantitative estimate of drug-likeness (QED) is 0.864. The highest BCUT2D eigenvalue weighted by atomic mass is 16.2. The lowest BCUT2D eigenvalue weighted by Gasteiger charge is -2.21. The second-order valence-corrected chi connectivity index (χ2v) is 6.40. The Morgan fingerprint density at radius 1 is 1.40 bits per heavy atom. The van der Waals surface area contributed by atoms with Crippen LogP contribution in [-0.2, 0) is 4.79 Å². The predicted molar refractivity (Wildman–Crippen MR) is 77.0 cm³/mol. The fourth-order valence-electron chi connectivity index (χ4n) is 3.77. The Morgan fingerprint density at radius 3 is 3.05 bits per heavy atom. The molecular weight excluding hydrogens is 252 g/mol. The van der Waals surface area contributed by atoms with Crippen LogP contribution in [-0.4, -0.2) is 21.4 Å². The summed E-state index contributed by atoms with van der Waals surface area (Å²) in [5, 5.41) is 2.92. The van der Waals surface area contributed by atoms with Crippen molar-refractivity contribution in [2.24, 2.45) is 17.6 Å². The largest absolute Gasteiger partial charge is 0.325 e. The molecule has 2 saturated carbocycles. The van der Waals surface area contributed by atoms with Crippen LogP contribution in [0.25, 0.3) is 0 Å². The van der Waals surface area contributed by atoms with E-state index in [9.17, 15) is 4.79 Å². The van der Waals surface area contributed by atoms with Crippen LogP contribution in [0.2, 0.25) is 0 Å². The molecule has 5 nitrogen and oxygen atoms in total. The summed E-state index contributed by atoms with van der Waals surface area (Å²) in [7, 11) is 0. The molecule has 0 radical (unpaired) electrons. The maximum Gasteiger partial charge on any atom is 0.228 e. The summed E-state index contributed by atoms with van der Waals surface area (Å²) in [5.41, 5.74) is 7.18. The fraction of sp³-hybridized carbons (Fsp3) is 0.667. The molecule has 0 aliphatic heterocycles. The molecule has 20 heavy (non-hydrogen) atoms. The average molecular weight is 274 g/mol. The van der Waals surface area contributed by atoms with Crippen LogP contribution in [0.1, 0.15) is 44.2 Å². The summed E-state index contributed by atoms with van der Waals surface area (Å²) >= 11 is 0. The molecule has 3 unspecified atom stereocenters. The topological polar surface area (TPSA) is 80.9 Å². The first kappa shape index (κ1) is 13.5. The van der Waals surface area contributed by atoms with Gasteiger partial charge >= 0.3 is 0 Å². The molecule has 1 heterocycles. The molecule has 0 aromatic carbocycles. The normalized spacial score (nSPS) is 32.7. The van der Waals surface area contributed by atoms with Crippen molar-refractivity contribution < 1.29 is 4.79 Å². The smallest absolute Gasteiger partial charge is 0.228 e. The number of amides is 1. The van der Waals surface area contributed by atoms with Gasteiger partial charge in [0.05, 0.1) is 11.9 Å². The molecule has 0 saturated heterocycles. The van der Waals surface area contributed by atoms with Gasteiger partial charge < -0.3 is 11.1 Å². The number of aryl methyl sites for hydroxylation is 1. The van der Waals surface area contributed by atoms with Crippen molar-refractivity contribution in [1.29, 1.82) is 0 Å². The molecule has 2 aliphatic carbocycles. The number of nitrogens with zero attached hydrogens (tertiary/aromatic N) is 2. The number of nitrogens with one attached hydrogen (secondary N) is 1. The first-order valence-corrected chi connectivity index (χ1v) is 7.44. The zero-order chi connectivity index (χ0) is 14.2. The van der Waals surface area contributed by atoms with Gasteiger partial charge in [0.15, 0.2) is 5.82 Å². The minimum atomic E-state index is -0.0111. The van der Waals surface area contributed by atoms with E-state index in [0.717, 1.165) is 44.2 Å². The van der Waals surface area contributed by atoms with Crippen molar-refractivity contribution in [3.05, 3.63) is 18.1 Å². The third-order valence-corrected chi connectivity index (χ3v) is 4.78. The van der Waals surface area contributed by atoms with E-state index >= 15 is 0 Å². The molecule has 3 atom stereocenters. The van der Waals surface area contributed by atoms with E-state index in [2.05, 4.69) is 15.3 Å². The molecule has 0 spiro atoms. The van der Waals surface area contributed by atoms with E-state index < -0.39 is 0 Å². The van der Waals surface area contributed by atoms with Crippen molar-refractivity contribution in [1.82, 2.24) is 9.97 Å². The Bertz CT molecular complexity index is 518. The highest BCUT2D eigenvalue weighted by Crippen LogP contribution is 2.45. The Hall–Kier alpha value is -1.49. The first-order chi connectivity index (χ1) is 9.56. The molecule has 2 fully saturated rings. The molecule has 3 rings (SSSR count). The molecule has 3 N–H and O–H groups in total. The standard InChI is InChI=1S/C15H22N4O/c1-10-8-17-9-13(18-10)19-14(20)12-3-2-5-15(16)6-4-11(12)7-15/h8-9,11-12H,2-7,16H2,1H3,(H,18,19,20). The van der Waals surface area contributed by atoms with Gasteiger partial charge in [0.2, 0.25) is 5.91 Å². The predicted octanol–water partition coefficient (Wildman–Crippen LogP) is 2.02. The summed E-state index contributed by atoms with van der Waals surface area (Å²) in [6, 6.07) is 0. The van der Waals surface area contributed by atoms with Gasteiger partial charge in [-0.15, -0.1) is 0 Å². The van der Waals surface area contributed by atoms with Crippen LogP contribution in [0, 0.1) is 18.8 Å². The van der Waals surface area contributed by atoms with Crippen LogP contribution in [0.5, 0.6) is 0 Å². The van der Waals surface area contributed by atoms with Gasteiger partial charge in [-0.2, -0.15) is 0 Å². The molecule has 1 aromatic rings. The number of aromatic nitrogens is 2. The number of carbonyl (C=O) groups is 1. The SMILES string of the molecule is Cc1cncc(NC(=O)C2CCCC3(N)CCC2C3)n1. The van der Waals surface area contributed by atoms with Gasteiger partial charge in [0, 0.05) is 17.7 Å². The Balaban J connectivity index is 1.71. The number of rotatable bonds is 2. The van der Waals surface area contributed by atoms with E-state index in [4.69, 9.17) is 5.73 Å². The minimum absolute atomic E-state index is 0.0111. The number of hydrogen-bond acceptors (Lipinski definition) is 4. The number of fused-ring (bicyclic) bond motifs is 2. The summed E-state index contributed by atoms with van der Waals surface area (Å²) in [6.07, 6.45) is 9.45. The van der Waals surface area contributed by atoms with E-state index in [0.29, 0.717) is 11.7 Å². The average Bonchev–Trinajstić information content (AvgIpc) is 2.66. The molecule has 5 heteroatoms. The number of nitrogens with two attached hydrogens (primary N) is 1. The molecular formula is C15H22N4O. The molecule has 108 valence electrons. The zero-order valence-electron chi connectivity index (χ0n) is 11.9. The second-order valence-electron chi connectivity index (χ2n) is 6.40. The highest BCUT2D eigenvalue weighted by Gasteiger charge is 2.43. The van der Waals surface area contributed by atoms with E-state index in [-0.39, 0.29) is 17.4 Å².